The van der Waals surface area contributed by atoms with Gasteiger partial charge in [0.05, 0.1) is 5.82 Å². The van der Waals surface area contributed by atoms with Crippen molar-refractivity contribution in [2.45, 2.75) is 103 Å². The number of hydrogen-bond acceptors (Lipinski definition) is 6. The van der Waals surface area contributed by atoms with Gasteiger partial charge in [-0.05, 0) is 39.0 Å². The number of carbonyl (C=O) groups is 4. The Kier molecular flexibility index (Phi) is 13.2. The summed E-state index contributed by atoms with van der Waals surface area (Å²) in [4.78, 5) is 51.7. The van der Waals surface area contributed by atoms with Gasteiger partial charge in [-0.15, -0.1) is 0 Å². The Balaban J connectivity index is 3.15. The Morgan fingerprint density at radius 2 is 1.74 bits per heavy atom. The topological polar surface area (TPSA) is 154 Å². The van der Waals surface area contributed by atoms with Crippen molar-refractivity contribution in [1.82, 2.24) is 26.6 Å². The molecule has 3 atom stereocenters. The van der Waals surface area contributed by atoms with Gasteiger partial charge in [-0.25, -0.2) is 0 Å². The average Bonchev–Trinajstić information content (AvgIpc) is 2.79. The Hall–Kier alpha value is -2.78. The molecular weight excluding hydrogens is 448 g/mol. The molecule has 0 aromatic carbocycles. The smallest absolute Gasteiger partial charge is 0.246 e. The van der Waals surface area contributed by atoms with Crippen molar-refractivity contribution in [1.29, 1.82) is 0 Å². The van der Waals surface area contributed by atoms with Gasteiger partial charge in [0.1, 0.15) is 17.6 Å². The normalized spacial score (nSPS) is 25.2. The molecule has 4 amide bonds. The van der Waals surface area contributed by atoms with E-state index < -0.39 is 29.4 Å². The summed E-state index contributed by atoms with van der Waals surface area (Å²) < 4.78 is 0. The van der Waals surface area contributed by atoms with Crippen LogP contribution in [0, 0.1) is 5.92 Å². The molecule has 0 aromatic heterocycles. The van der Waals surface area contributed by atoms with Gasteiger partial charge < -0.3 is 32.3 Å². The molecule has 1 rings (SSSR count). The fraction of sp³-hybridized carbons (Fsp3) is 0.760. The first-order valence-corrected chi connectivity index (χ1v) is 12.9. The summed E-state index contributed by atoms with van der Waals surface area (Å²) in [6.45, 7) is 11.7. The molecule has 0 bridgehead atoms. The molecule has 0 unspecified atom stereocenters. The van der Waals surface area contributed by atoms with Gasteiger partial charge in [0.2, 0.25) is 23.6 Å². The van der Waals surface area contributed by atoms with E-state index in [0.717, 1.165) is 32.1 Å². The van der Waals surface area contributed by atoms with E-state index in [-0.39, 0.29) is 17.7 Å². The second-order valence-electron chi connectivity index (χ2n) is 9.87. The van der Waals surface area contributed by atoms with E-state index in [9.17, 15) is 19.2 Å². The van der Waals surface area contributed by atoms with Gasteiger partial charge in [-0.3, -0.25) is 19.2 Å². The second kappa shape index (κ2) is 15.3. The van der Waals surface area contributed by atoms with E-state index in [1.165, 1.54) is 0 Å². The highest BCUT2D eigenvalue weighted by Crippen LogP contribution is 2.18. The lowest BCUT2D eigenvalue weighted by Gasteiger charge is -2.33. The zero-order valence-corrected chi connectivity index (χ0v) is 21.9. The van der Waals surface area contributed by atoms with Crippen LogP contribution in [-0.4, -0.2) is 54.3 Å². The molecule has 1 heterocycles. The molecule has 0 spiro atoms. The van der Waals surface area contributed by atoms with Crippen LogP contribution < -0.4 is 32.3 Å². The van der Waals surface area contributed by atoms with Crippen molar-refractivity contribution in [3.63, 3.8) is 0 Å². The molecule has 0 saturated carbocycles. The van der Waals surface area contributed by atoms with Gasteiger partial charge in [-0.1, -0.05) is 53.0 Å². The summed E-state index contributed by atoms with van der Waals surface area (Å²) >= 11 is 0. The van der Waals surface area contributed by atoms with Crippen molar-refractivity contribution in [3.05, 3.63) is 12.4 Å². The van der Waals surface area contributed by atoms with Crippen LogP contribution in [0.15, 0.2) is 12.4 Å². The van der Waals surface area contributed by atoms with Gasteiger partial charge in [0.15, 0.2) is 0 Å². The van der Waals surface area contributed by atoms with Crippen LogP contribution in [0.1, 0.15) is 85.5 Å². The number of carbonyl (C=O) groups excluding carboxylic acids is 4. The molecule has 0 radical (unpaired) electrons. The molecule has 1 aliphatic heterocycles. The van der Waals surface area contributed by atoms with E-state index >= 15 is 0 Å². The monoisotopic (exact) mass is 494 g/mol. The lowest BCUT2D eigenvalue weighted by Crippen LogP contribution is -2.62. The van der Waals surface area contributed by atoms with Crippen LogP contribution in [0.25, 0.3) is 0 Å². The highest BCUT2D eigenvalue weighted by molar-refractivity contribution is 5.96. The number of rotatable bonds is 8. The lowest BCUT2D eigenvalue weighted by molar-refractivity contribution is -0.137. The molecule has 0 aromatic rings. The Bertz CT molecular complexity index is 741. The van der Waals surface area contributed by atoms with Gasteiger partial charge in [0.25, 0.3) is 0 Å². The summed E-state index contributed by atoms with van der Waals surface area (Å²) in [7, 11) is 0. The maximum Gasteiger partial charge on any atom is 0.246 e. The SMILES string of the molecule is C=C(N)NCCC[C@@H]1NC(=O)[C@@](C)(NC(=O)C(C)C)CCCCCCCNC(=O)[C@H](CC)NC1=O. The first-order valence-electron chi connectivity index (χ1n) is 12.9. The van der Waals surface area contributed by atoms with E-state index in [4.69, 9.17) is 5.73 Å². The summed E-state index contributed by atoms with van der Waals surface area (Å²) in [5.41, 5.74) is 4.40. The molecule has 10 nitrogen and oxygen atoms in total. The first-order chi connectivity index (χ1) is 16.5. The van der Waals surface area contributed by atoms with Crippen LogP contribution in [0.3, 0.4) is 0 Å². The third-order valence-corrected chi connectivity index (χ3v) is 6.26. The zero-order chi connectivity index (χ0) is 26.4. The molecule has 1 saturated heterocycles. The van der Waals surface area contributed by atoms with Crippen LogP contribution in [0.5, 0.6) is 0 Å². The lowest BCUT2D eigenvalue weighted by atomic mass is 9.91. The molecule has 200 valence electrons. The molecule has 7 N–H and O–H groups in total. The number of amides is 4. The van der Waals surface area contributed by atoms with Gasteiger partial charge in [0, 0.05) is 19.0 Å². The van der Waals surface area contributed by atoms with Crippen LogP contribution in [-0.2, 0) is 19.2 Å². The fourth-order valence-electron chi connectivity index (χ4n) is 3.88. The molecular formula is C25H46N6O4. The summed E-state index contributed by atoms with van der Waals surface area (Å²) in [6, 6.07) is -1.57. The van der Waals surface area contributed by atoms with E-state index in [1.54, 1.807) is 20.8 Å². The molecule has 1 fully saturated rings. The van der Waals surface area contributed by atoms with E-state index in [2.05, 4.69) is 33.2 Å². The fourth-order valence-corrected chi connectivity index (χ4v) is 3.88. The predicted octanol–water partition coefficient (Wildman–Crippen LogP) is 1.17. The average molecular weight is 495 g/mol. The predicted molar refractivity (Wildman–Crippen MR) is 137 cm³/mol. The Labute approximate surface area is 210 Å². The highest BCUT2D eigenvalue weighted by Gasteiger charge is 2.37. The number of nitrogens with two attached hydrogens (primary N) is 1. The molecule has 10 heteroatoms. The Morgan fingerprint density at radius 3 is 2.37 bits per heavy atom. The minimum Gasteiger partial charge on any atom is -0.386 e. The minimum absolute atomic E-state index is 0.216. The third-order valence-electron chi connectivity index (χ3n) is 6.26. The van der Waals surface area contributed by atoms with Crippen molar-refractivity contribution < 1.29 is 19.2 Å². The third kappa shape index (κ3) is 11.0. The zero-order valence-electron chi connectivity index (χ0n) is 21.9. The van der Waals surface area contributed by atoms with Crippen LogP contribution in [0.2, 0.25) is 0 Å². The van der Waals surface area contributed by atoms with Gasteiger partial charge in [-0.2, -0.15) is 0 Å². The largest absolute Gasteiger partial charge is 0.386 e. The van der Waals surface area contributed by atoms with E-state index in [1.807, 2.05) is 6.92 Å². The van der Waals surface area contributed by atoms with Crippen molar-refractivity contribution in [2.75, 3.05) is 13.1 Å². The quantitative estimate of drug-likeness (QED) is 0.278. The summed E-state index contributed by atoms with van der Waals surface area (Å²) in [5, 5.41) is 14.4. The number of hydrogen-bond donors (Lipinski definition) is 6. The molecule has 0 aliphatic carbocycles. The van der Waals surface area contributed by atoms with Crippen LogP contribution >= 0.6 is 0 Å². The van der Waals surface area contributed by atoms with Gasteiger partial charge >= 0.3 is 0 Å². The Morgan fingerprint density at radius 1 is 1.09 bits per heavy atom. The van der Waals surface area contributed by atoms with Crippen molar-refractivity contribution >= 4 is 23.6 Å². The summed E-state index contributed by atoms with van der Waals surface area (Å²) in [5.74, 6) is -1.25. The standard InChI is InChI=1S/C25H46N6O4/c1-6-19-22(33)28-15-11-9-7-8-10-14-25(5,31-21(32)17(2)3)24(35)30-20(23(34)29-19)13-12-16-27-18(4)26/h17,19-20,27H,4,6-16,26H2,1-3,5H3,(H,28,33)(H,29,34)(H,30,35)(H,31,32)/t19-,20-,25-/m0/s1. The minimum atomic E-state index is -1.15. The molecule has 1 aliphatic rings. The maximum absolute atomic E-state index is 13.5. The molecule has 35 heavy (non-hydrogen) atoms. The maximum atomic E-state index is 13.5. The van der Waals surface area contributed by atoms with E-state index in [0.29, 0.717) is 44.6 Å². The highest BCUT2D eigenvalue weighted by atomic mass is 16.2. The van der Waals surface area contributed by atoms with Crippen molar-refractivity contribution in [3.8, 4) is 0 Å². The second-order valence-corrected chi connectivity index (χ2v) is 9.87. The van der Waals surface area contributed by atoms with Crippen molar-refractivity contribution in [2.24, 2.45) is 11.7 Å². The van der Waals surface area contributed by atoms with Crippen LogP contribution in [0.4, 0.5) is 0 Å². The number of nitrogens with one attached hydrogen (secondary N) is 5. The first kappa shape index (κ1) is 30.3. The summed E-state index contributed by atoms with van der Waals surface area (Å²) in [6.07, 6.45) is 6.19.